The Morgan fingerprint density at radius 1 is 1.16 bits per heavy atom. The average molecular weight is 437 g/mol. The van der Waals surface area contributed by atoms with Crippen LogP contribution < -0.4 is 4.74 Å². The maximum Gasteiger partial charge on any atom is 0.253 e. The van der Waals surface area contributed by atoms with E-state index < -0.39 is 0 Å². The van der Waals surface area contributed by atoms with Crippen molar-refractivity contribution in [2.75, 3.05) is 19.9 Å². The first-order valence-corrected chi connectivity index (χ1v) is 11.0. The number of hydrogen-bond donors (Lipinski definition) is 0. The number of thioether (sulfide) groups is 1. The van der Waals surface area contributed by atoms with Crippen LogP contribution in [0.4, 0.5) is 0 Å². The lowest BCUT2D eigenvalue weighted by atomic mass is 10.1. The highest BCUT2D eigenvalue weighted by atomic mass is 32.2. The zero-order chi connectivity index (χ0) is 21.8. The molecular formula is C24H24N2O4S. The maximum absolute atomic E-state index is 12.9. The molecule has 4 rings (SSSR count). The van der Waals surface area contributed by atoms with Crippen LogP contribution in [0, 0.1) is 0 Å². The highest BCUT2D eigenvalue weighted by Crippen LogP contribution is 2.39. The van der Waals surface area contributed by atoms with E-state index in [9.17, 15) is 9.59 Å². The van der Waals surface area contributed by atoms with Gasteiger partial charge in [0.1, 0.15) is 16.9 Å². The first kappa shape index (κ1) is 21.1. The zero-order valence-electron chi connectivity index (χ0n) is 17.5. The van der Waals surface area contributed by atoms with E-state index >= 15 is 0 Å². The summed E-state index contributed by atoms with van der Waals surface area (Å²) in [6.45, 7) is 0.889. The number of amides is 2. The number of para-hydroxylation sites is 1. The molecule has 31 heavy (non-hydrogen) atoms. The molecule has 1 aliphatic rings. The molecule has 2 aromatic carbocycles. The smallest absolute Gasteiger partial charge is 0.253 e. The molecule has 0 spiro atoms. The van der Waals surface area contributed by atoms with Crippen LogP contribution in [0.3, 0.4) is 0 Å². The fourth-order valence-corrected chi connectivity index (χ4v) is 4.83. The molecule has 1 fully saturated rings. The summed E-state index contributed by atoms with van der Waals surface area (Å²) >= 11 is 1.59. The molecule has 2 heterocycles. The van der Waals surface area contributed by atoms with E-state index in [1.54, 1.807) is 37.1 Å². The fraction of sp³-hybridized carbons (Fsp3) is 0.250. The number of hydrogen-bond acceptors (Lipinski definition) is 5. The molecule has 2 amide bonds. The molecule has 160 valence electrons. The molecule has 0 N–H and O–H groups in total. The predicted octanol–water partition coefficient (Wildman–Crippen LogP) is 4.33. The van der Waals surface area contributed by atoms with Crippen LogP contribution in [0.5, 0.6) is 5.75 Å². The lowest BCUT2D eigenvalue weighted by molar-refractivity contribution is -0.128. The first-order chi connectivity index (χ1) is 15.1. The Balaban J connectivity index is 1.45. The summed E-state index contributed by atoms with van der Waals surface area (Å²) in [6.07, 6.45) is 1.61. The summed E-state index contributed by atoms with van der Waals surface area (Å²) in [5.41, 5.74) is 2.55. The van der Waals surface area contributed by atoms with Gasteiger partial charge < -0.3 is 19.0 Å². The zero-order valence-corrected chi connectivity index (χ0v) is 18.3. The molecule has 0 aliphatic carbocycles. The third-order valence-electron chi connectivity index (χ3n) is 5.26. The van der Waals surface area contributed by atoms with Crippen LogP contribution in [0.2, 0.25) is 0 Å². The molecule has 1 aliphatic heterocycles. The normalized spacial score (nSPS) is 15.9. The summed E-state index contributed by atoms with van der Waals surface area (Å²) in [4.78, 5) is 28.8. The second-order valence-electron chi connectivity index (χ2n) is 7.36. The van der Waals surface area contributed by atoms with Crippen LogP contribution in [0.25, 0.3) is 0 Å². The van der Waals surface area contributed by atoms with Gasteiger partial charge in [-0.05, 0) is 35.9 Å². The number of benzene rings is 2. The van der Waals surface area contributed by atoms with E-state index in [0.29, 0.717) is 24.4 Å². The number of rotatable bonds is 7. The van der Waals surface area contributed by atoms with Crippen molar-refractivity contribution >= 4 is 23.6 Å². The Hall–Kier alpha value is -3.19. The number of methoxy groups -OCH3 is 1. The minimum Gasteiger partial charge on any atom is -0.496 e. The van der Waals surface area contributed by atoms with Crippen LogP contribution in [0.15, 0.2) is 71.3 Å². The van der Waals surface area contributed by atoms with Crippen molar-refractivity contribution in [2.24, 2.45) is 0 Å². The largest absolute Gasteiger partial charge is 0.496 e. The first-order valence-electron chi connectivity index (χ1n) is 9.97. The molecule has 1 atom stereocenters. The predicted molar refractivity (Wildman–Crippen MR) is 120 cm³/mol. The van der Waals surface area contributed by atoms with Gasteiger partial charge in [-0.1, -0.05) is 30.3 Å². The second-order valence-corrected chi connectivity index (χ2v) is 8.43. The molecule has 0 radical (unpaired) electrons. The van der Waals surface area contributed by atoms with Gasteiger partial charge in [-0.15, -0.1) is 11.8 Å². The topological polar surface area (TPSA) is 63.0 Å². The molecule has 6 nitrogen and oxygen atoms in total. The maximum atomic E-state index is 12.9. The van der Waals surface area contributed by atoms with Crippen molar-refractivity contribution in [3.8, 4) is 5.75 Å². The Morgan fingerprint density at radius 2 is 1.94 bits per heavy atom. The molecule has 1 aromatic heterocycles. The van der Waals surface area contributed by atoms with Crippen LogP contribution in [-0.4, -0.2) is 41.5 Å². The van der Waals surface area contributed by atoms with E-state index in [4.69, 9.17) is 9.15 Å². The van der Waals surface area contributed by atoms with Gasteiger partial charge in [-0.3, -0.25) is 9.59 Å². The lowest BCUT2D eigenvalue weighted by Crippen LogP contribution is -2.28. The summed E-state index contributed by atoms with van der Waals surface area (Å²) in [5, 5.41) is -0.0898. The third-order valence-corrected chi connectivity index (χ3v) is 6.52. The van der Waals surface area contributed by atoms with Crippen LogP contribution in [0.1, 0.15) is 32.6 Å². The molecule has 0 saturated carbocycles. The van der Waals surface area contributed by atoms with Gasteiger partial charge in [-0.2, -0.15) is 0 Å². The molecule has 0 bridgehead atoms. The summed E-state index contributed by atoms with van der Waals surface area (Å²) in [5.74, 6) is 1.97. The van der Waals surface area contributed by atoms with Crippen LogP contribution >= 0.6 is 11.8 Å². The van der Waals surface area contributed by atoms with E-state index in [0.717, 1.165) is 22.6 Å². The second kappa shape index (κ2) is 9.31. The molecule has 3 aromatic rings. The van der Waals surface area contributed by atoms with Crippen molar-refractivity contribution in [3.63, 3.8) is 0 Å². The minimum absolute atomic E-state index is 0.0694. The van der Waals surface area contributed by atoms with E-state index in [1.165, 1.54) is 0 Å². The Labute approximate surface area is 185 Å². The quantitative estimate of drug-likeness (QED) is 0.552. The van der Waals surface area contributed by atoms with Gasteiger partial charge in [0, 0.05) is 24.7 Å². The number of carbonyl (C=O) groups excluding carboxylic acids is 2. The summed E-state index contributed by atoms with van der Waals surface area (Å²) < 4.78 is 10.8. The number of furan rings is 1. The van der Waals surface area contributed by atoms with Crippen molar-refractivity contribution in [1.82, 2.24) is 9.80 Å². The fourth-order valence-electron chi connectivity index (χ4n) is 3.64. The van der Waals surface area contributed by atoms with E-state index in [-0.39, 0.29) is 17.2 Å². The Morgan fingerprint density at radius 3 is 2.65 bits per heavy atom. The van der Waals surface area contributed by atoms with Crippen molar-refractivity contribution in [2.45, 2.75) is 18.5 Å². The lowest BCUT2D eigenvalue weighted by Gasteiger charge is -2.24. The van der Waals surface area contributed by atoms with Crippen molar-refractivity contribution < 1.29 is 18.7 Å². The monoisotopic (exact) mass is 436 g/mol. The van der Waals surface area contributed by atoms with E-state index in [1.807, 2.05) is 65.6 Å². The van der Waals surface area contributed by atoms with Gasteiger partial charge in [0.25, 0.3) is 5.91 Å². The van der Waals surface area contributed by atoms with E-state index in [2.05, 4.69) is 0 Å². The third kappa shape index (κ3) is 4.61. The molecule has 7 heteroatoms. The van der Waals surface area contributed by atoms with Gasteiger partial charge in [0.15, 0.2) is 0 Å². The average Bonchev–Trinajstić information content (AvgIpc) is 3.44. The summed E-state index contributed by atoms with van der Waals surface area (Å²) in [6, 6.07) is 18.9. The van der Waals surface area contributed by atoms with Gasteiger partial charge >= 0.3 is 0 Å². The summed E-state index contributed by atoms with van der Waals surface area (Å²) in [7, 11) is 3.40. The Bertz CT molecular complexity index is 1050. The minimum atomic E-state index is -0.0898. The van der Waals surface area contributed by atoms with Crippen molar-refractivity contribution in [1.29, 1.82) is 0 Å². The molecular weight excluding hydrogens is 412 g/mol. The number of nitrogens with zero attached hydrogens (tertiary/aromatic N) is 2. The van der Waals surface area contributed by atoms with Gasteiger partial charge in [0.2, 0.25) is 5.91 Å². The number of carbonyl (C=O) groups is 2. The number of ether oxygens (including phenoxy) is 1. The van der Waals surface area contributed by atoms with Crippen LogP contribution in [-0.2, 0) is 17.9 Å². The molecule has 1 saturated heterocycles. The highest BCUT2D eigenvalue weighted by molar-refractivity contribution is 8.00. The standard InChI is InChI=1S/C24H24N2O4S/c1-25(14-19-6-3-4-8-21(19)29-2)23(28)17-9-11-18(12-10-17)24-26(22(27)16-31-24)15-20-7-5-13-30-20/h3-13,24H,14-16H2,1-2H3/t24-/m0/s1. The highest BCUT2D eigenvalue weighted by Gasteiger charge is 2.33. The van der Waals surface area contributed by atoms with Gasteiger partial charge in [-0.25, -0.2) is 0 Å². The van der Waals surface area contributed by atoms with Gasteiger partial charge in [0.05, 0.1) is 25.7 Å². The SMILES string of the molecule is COc1ccccc1CN(C)C(=O)c1ccc([C@@H]2SCC(=O)N2Cc2ccco2)cc1. The van der Waals surface area contributed by atoms with Crippen molar-refractivity contribution in [3.05, 3.63) is 89.4 Å². The molecule has 0 unspecified atom stereocenters. The Kier molecular flexibility index (Phi) is 6.32.